The molecule has 2 aromatic carbocycles. The molecular weight excluding hydrogens is 518 g/mol. The quantitative estimate of drug-likeness (QED) is 0.319. The number of carboxylic acid groups (broad SMARTS) is 1. The van der Waals surface area contributed by atoms with Gasteiger partial charge in [-0.3, -0.25) is 4.90 Å². The highest BCUT2D eigenvalue weighted by Crippen LogP contribution is 2.44. The number of aromatic nitrogens is 3. The molecule has 3 aliphatic rings. The number of nitrogens with zero attached hydrogens (tertiary/aromatic N) is 5. The number of rotatable bonds is 9. The second kappa shape index (κ2) is 10.8. The van der Waals surface area contributed by atoms with Crippen LogP contribution in [0, 0.1) is 0 Å². The minimum atomic E-state index is -0.928. The molecule has 0 radical (unpaired) electrons. The minimum absolute atomic E-state index is 0.151. The fourth-order valence-electron chi connectivity index (χ4n) is 6.12. The Labute approximate surface area is 239 Å². The number of anilines is 1. The molecule has 2 saturated heterocycles. The van der Waals surface area contributed by atoms with Crippen molar-refractivity contribution in [2.24, 2.45) is 0 Å². The van der Waals surface area contributed by atoms with E-state index in [4.69, 9.17) is 19.4 Å². The molecule has 1 unspecified atom stereocenters. The van der Waals surface area contributed by atoms with Crippen LogP contribution in [0.25, 0.3) is 11.0 Å². The zero-order chi connectivity index (χ0) is 27.8. The summed E-state index contributed by atoms with van der Waals surface area (Å²) in [6.07, 6.45) is 4.35. The van der Waals surface area contributed by atoms with E-state index in [0.717, 1.165) is 74.7 Å². The Bertz CT molecular complexity index is 1540. The number of hydrogen-bond acceptors (Lipinski definition) is 7. The average Bonchev–Trinajstić information content (AvgIpc) is 3.29. The van der Waals surface area contributed by atoms with Gasteiger partial charge in [0.2, 0.25) is 5.88 Å². The fraction of sp³-hybridized carbons (Fsp3) is 0.406. The summed E-state index contributed by atoms with van der Waals surface area (Å²) in [5.41, 5.74) is 2.91. The number of carbonyl (C=O) groups is 1. The summed E-state index contributed by atoms with van der Waals surface area (Å²) in [6.45, 7) is 5.64. The molecule has 7 rings (SSSR count). The molecule has 1 N–H and O–H groups in total. The van der Waals surface area contributed by atoms with Gasteiger partial charge in [-0.1, -0.05) is 36.4 Å². The first-order valence-electron chi connectivity index (χ1n) is 14.6. The number of ether oxygens (including phenoxy) is 2. The lowest BCUT2D eigenvalue weighted by Crippen LogP contribution is -2.46. The van der Waals surface area contributed by atoms with Crippen molar-refractivity contribution in [1.82, 2.24) is 19.4 Å². The molecule has 3 fully saturated rings. The molecule has 0 bridgehead atoms. The van der Waals surface area contributed by atoms with Crippen LogP contribution >= 0.6 is 0 Å². The number of carboxylic acids is 1. The van der Waals surface area contributed by atoms with E-state index in [0.29, 0.717) is 19.0 Å². The Kier molecular flexibility index (Phi) is 6.84. The molecule has 1 atom stereocenters. The van der Waals surface area contributed by atoms with E-state index < -0.39 is 5.97 Å². The zero-order valence-electron chi connectivity index (χ0n) is 23.1. The second-order valence-electron chi connectivity index (χ2n) is 11.3. The fourth-order valence-corrected chi connectivity index (χ4v) is 6.12. The maximum Gasteiger partial charge on any atom is 0.335 e. The molecule has 212 valence electrons. The Hall–Kier alpha value is -3.95. The van der Waals surface area contributed by atoms with E-state index in [2.05, 4.69) is 44.7 Å². The first kappa shape index (κ1) is 26.0. The van der Waals surface area contributed by atoms with Crippen molar-refractivity contribution in [3.8, 4) is 5.88 Å². The topological polar surface area (TPSA) is 93.0 Å². The van der Waals surface area contributed by atoms with Gasteiger partial charge < -0.3 is 24.0 Å². The Morgan fingerprint density at radius 3 is 2.49 bits per heavy atom. The number of hydrogen-bond donors (Lipinski definition) is 1. The van der Waals surface area contributed by atoms with E-state index in [1.165, 1.54) is 12.0 Å². The van der Waals surface area contributed by atoms with Crippen molar-refractivity contribution < 1.29 is 19.4 Å². The molecule has 41 heavy (non-hydrogen) atoms. The third-order valence-corrected chi connectivity index (χ3v) is 8.79. The van der Waals surface area contributed by atoms with Crippen molar-refractivity contribution in [2.45, 2.75) is 50.5 Å². The van der Waals surface area contributed by atoms with E-state index >= 15 is 0 Å². The maximum absolute atomic E-state index is 11.6. The molecule has 1 aliphatic carbocycles. The first-order valence-corrected chi connectivity index (χ1v) is 14.6. The number of pyridine rings is 1. The molecule has 4 aromatic rings. The second-order valence-corrected chi connectivity index (χ2v) is 11.3. The van der Waals surface area contributed by atoms with Crippen molar-refractivity contribution in [3.05, 3.63) is 83.7 Å². The predicted molar refractivity (Wildman–Crippen MR) is 155 cm³/mol. The standard InChI is InChI=1S/C32H35N5O4/c38-31(39)23-10-11-26-27(20-23)37(21-25-12-19-40-25)29(33-26)22-35-15-17-36(18-16-35)28-8-4-9-30(34-28)41-32(13-5-14-32)24-6-2-1-3-7-24/h1-4,6-11,20,25H,5,12-19,21-22H2,(H,38,39). The Morgan fingerprint density at radius 1 is 1.00 bits per heavy atom. The summed E-state index contributed by atoms with van der Waals surface area (Å²) in [5.74, 6) is 1.65. The summed E-state index contributed by atoms with van der Waals surface area (Å²) in [7, 11) is 0. The summed E-state index contributed by atoms with van der Waals surface area (Å²) >= 11 is 0. The molecule has 0 amide bonds. The van der Waals surface area contributed by atoms with Gasteiger partial charge in [0.1, 0.15) is 17.2 Å². The molecule has 4 heterocycles. The normalized spacial score (nSPS) is 20.4. The van der Waals surface area contributed by atoms with Crippen LogP contribution in [0.2, 0.25) is 0 Å². The highest BCUT2D eigenvalue weighted by Gasteiger charge is 2.41. The van der Waals surface area contributed by atoms with Gasteiger partial charge in [0.25, 0.3) is 0 Å². The predicted octanol–water partition coefficient (Wildman–Crippen LogP) is 4.70. The number of benzene rings is 2. The average molecular weight is 554 g/mol. The SMILES string of the molecule is O=C(O)c1ccc2nc(CN3CCN(c4cccc(OC5(c6ccccc6)CCC5)n4)CC3)n(CC3CCO3)c2c1. The molecular formula is C32H35N5O4. The van der Waals surface area contributed by atoms with Crippen LogP contribution in [0.3, 0.4) is 0 Å². The maximum atomic E-state index is 11.6. The zero-order valence-corrected chi connectivity index (χ0v) is 23.1. The van der Waals surface area contributed by atoms with Crippen LogP contribution in [0.4, 0.5) is 5.82 Å². The van der Waals surface area contributed by atoms with Gasteiger partial charge in [-0.25, -0.2) is 9.78 Å². The number of imidazole rings is 1. The van der Waals surface area contributed by atoms with Crippen LogP contribution in [0.15, 0.2) is 66.7 Å². The van der Waals surface area contributed by atoms with E-state index in [9.17, 15) is 9.90 Å². The van der Waals surface area contributed by atoms with Gasteiger partial charge in [-0.2, -0.15) is 4.98 Å². The van der Waals surface area contributed by atoms with Crippen molar-refractivity contribution >= 4 is 22.8 Å². The molecule has 9 nitrogen and oxygen atoms in total. The summed E-state index contributed by atoms with van der Waals surface area (Å²) in [5, 5.41) is 9.52. The van der Waals surface area contributed by atoms with Gasteiger partial charge in [0.05, 0.1) is 35.8 Å². The van der Waals surface area contributed by atoms with Crippen molar-refractivity contribution in [2.75, 3.05) is 37.7 Å². The molecule has 2 aromatic heterocycles. The van der Waals surface area contributed by atoms with Crippen LogP contribution in [0.1, 0.15) is 47.4 Å². The lowest BCUT2D eigenvalue weighted by atomic mass is 9.75. The first-order chi connectivity index (χ1) is 20.1. The van der Waals surface area contributed by atoms with Gasteiger partial charge in [0.15, 0.2) is 0 Å². The Morgan fingerprint density at radius 2 is 1.80 bits per heavy atom. The highest BCUT2D eigenvalue weighted by atomic mass is 16.5. The number of aromatic carboxylic acids is 1. The molecule has 2 aliphatic heterocycles. The largest absolute Gasteiger partial charge is 0.478 e. The lowest BCUT2D eigenvalue weighted by molar-refractivity contribution is -0.0592. The summed E-state index contributed by atoms with van der Waals surface area (Å²) < 4.78 is 14.4. The smallest absolute Gasteiger partial charge is 0.335 e. The highest BCUT2D eigenvalue weighted by molar-refractivity contribution is 5.92. The van der Waals surface area contributed by atoms with E-state index in [1.54, 1.807) is 12.1 Å². The van der Waals surface area contributed by atoms with Crippen LogP contribution < -0.4 is 9.64 Å². The third-order valence-electron chi connectivity index (χ3n) is 8.79. The summed E-state index contributed by atoms with van der Waals surface area (Å²) in [6, 6.07) is 21.7. The van der Waals surface area contributed by atoms with E-state index in [1.807, 2.05) is 24.3 Å². The van der Waals surface area contributed by atoms with Crippen molar-refractivity contribution in [3.63, 3.8) is 0 Å². The van der Waals surface area contributed by atoms with Crippen molar-refractivity contribution in [1.29, 1.82) is 0 Å². The molecule has 9 heteroatoms. The summed E-state index contributed by atoms with van der Waals surface area (Å²) in [4.78, 5) is 26.2. The number of piperazine rings is 1. The van der Waals surface area contributed by atoms with Gasteiger partial charge in [-0.15, -0.1) is 0 Å². The Balaban J connectivity index is 1.04. The monoisotopic (exact) mass is 553 g/mol. The van der Waals surface area contributed by atoms with Crippen LogP contribution in [-0.4, -0.2) is 69.4 Å². The van der Waals surface area contributed by atoms with Gasteiger partial charge in [-0.05, 0) is 55.5 Å². The van der Waals surface area contributed by atoms with Gasteiger partial charge >= 0.3 is 5.97 Å². The van der Waals surface area contributed by atoms with E-state index in [-0.39, 0.29) is 17.3 Å². The molecule has 0 spiro atoms. The lowest BCUT2D eigenvalue weighted by Gasteiger charge is -2.42. The number of fused-ring (bicyclic) bond motifs is 1. The van der Waals surface area contributed by atoms with Crippen LogP contribution in [0.5, 0.6) is 5.88 Å². The van der Waals surface area contributed by atoms with Crippen LogP contribution in [-0.2, 0) is 23.4 Å². The van der Waals surface area contributed by atoms with Gasteiger partial charge in [0, 0.05) is 38.9 Å². The third kappa shape index (κ3) is 5.15. The molecule has 1 saturated carbocycles. The minimum Gasteiger partial charge on any atom is -0.478 e.